The van der Waals surface area contributed by atoms with Gasteiger partial charge in [0.1, 0.15) is 11.2 Å². The van der Waals surface area contributed by atoms with E-state index in [0.717, 1.165) is 38.5 Å². The molecule has 0 aromatic carbocycles. The highest BCUT2D eigenvalue weighted by Gasteiger charge is 2.46. The SMILES string of the molecule is CCCCCCCCC(CCCCCCC)(CCCCCCCC)O[P+](=O)OC(CCCCCCC)(CCCCCCCC)CCCCCCCC. The fourth-order valence-electron chi connectivity index (χ4n) is 8.37. The van der Waals surface area contributed by atoms with Crippen LogP contribution in [0.2, 0.25) is 0 Å². The van der Waals surface area contributed by atoms with Gasteiger partial charge in [-0.1, -0.05) is 260 Å². The normalized spacial score (nSPS) is 12.3. The van der Waals surface area contributed by atoms with E-state index in [0.29, 0.717) is 0 Å². The van der Waals surface area contributed by atoms with Gasteiger partial charge in [-0.15, -0.1) is 9.05 Å². The summed E-state index contributed by atoms with van der Waals surface area (Å²) in [7, 11) is -2.18. The Morgan fingerprint density at radius 3 is 0.596 bits per heavy atom. The number of hydrogen-bond acceptors (Lipinski definition) is 3. The van der Waals surface area contributed by atoms with Crippen molar-refractivity contribution in [2.45, 2.75) is 310 Å². The van der Waals surface area contributed by atoms with Gasteiger partial charge in [-0.2, -0.15) is 0 Å². The molecule has 0 rings (SSSR count). The third-order valence-corrected chi connectivity index (χ3v) is 13.0. The molecular weight excluding hydrogens is 655 g/mol. The fourth-order valence-corrected chi connectivity index (χ4v) is 9.59. The molecule has 52 heavy (non-hydrogen) atoms. The molecular formula is C48H98O3P+. The Kier molecular flexibility index (Phi) is 39.3. The smallest absolute Gasteiger partial charge is 0.112 e. The van der Waals surface area contributed by atoms with E-state index in [4.69, 9.17) is 9.05 Å². The van der Waals surface area contributed by atoms with Crippen LogP contribution in [0.15, 0.2) is 0 Å². The lowest BCUT2D eigenvalue weighted by Crippen LogP contribution is -2.34. The minimum absolute atomic E-state index is 0.303. The highest BCUT2D eigenvalue weighted by Crippen LogP contribution is 2.47. The molecule has 4 heteroatoms. The van der Waals surface area contributed by atoms with Gasteiger partial charge in [-0.25, -0.2) is 0 Å². The van der Waals surface area contributed by atoms with Gasteiger partial charge in [0, 0.05) is 4.57 Å². The maximum Gasteiger partial charge on any atom is 0.698 e. The summed E-state index contributed by atoms with van der Waals surface area (Å²) in [6.45, 7) is 13.8. The lowest BCUT2D eigenvalue weighted by atomic mass is 9.85. The van der Waals surface area contributed by atoms with Crippen molar-refractivity contribution in [2.75, 3.05) is 0 Å². The van der Waals surface area contributed by atoms with E-state index >= 15 is 0 Å². The van der Waals surface area contributed by atoms with E-state index in [1.54, 1.807) is 0 Å². The molecule has 0 aromatic heterocycles. The first-order valence-electron chi connectivity index (χ1n) is 24.3. The Morgan fingerprint density at radius 1 is 0.269 bits per heavy atom. The zero-order valence-corrected chi connectivity index (χ0v) is 37.9. The molecule has 0 aliphatic rings. The summed E-state index contributed by atoms with van der Waals surface area (Å²) in [4.78, 5) is 0. The first-order valence-corrected chi connectivity index (χ1v) is 25.4. The van der Waals surface area contributed by atoms with Crippen LogP contribution in [0.1, 0.15) is 298 Å². The van der Waals surface area contributed by atoms with Gasteiger partial charge in [0.2, 0.25) is 0 Å². The number of unbranched alkanes of at least 4 members (excludes halogenated alkanes) is 28. The molecule has 0 fully saturated rings. The van der Waals surface area contributed by atoms with Crippen LogP contribution < -0.4 is 0 Å². The molecule has 0 N–H and O–H groups in total. The van der Waals surface area contributed by atoms with Gasteiger partial charge in [0.15, 0.2) is 0 Å². The van der Waals surface area contributed by atoms with Crippen molar-refractivity contribution in [3.05, 3.63) is 0 Å². The lowest BCUT2D eigenvalue weighted by molar-refractivity contribution is -0.0186. The largest absolute Gasteiger partial charge is 0.698 e. The summed E-state index contributed by atoms with van der Waals surface area (Å²) in [5.41, 5.74) is -0.606. The number of rotatable bonds is 44. The summed E-state index contributed by atoms with van der Waals surface area (Å²) in [6, 6.07) is 0. The second-order valence-electron chi connectivity index (χ2n) is 17.2. The molecule has 0 saturated carbocycles. The molecule has 0 aliphatic carbocycles. The minimum atomic E-state index is -2.18. The Hall–Kier alpha value is 0.0200. The summed E-state index contributed by atoms with van der Waals surface area (Å²) >= 11 is 0. The predicted molar refractivity (Wildman–Crippen MR) is 234 cm³/mol. The zero-order valence-electron chi connectivity index (χ0n) is 37.0. The van der Waals surface area contributed by atoms with Crippen molar-refractivity contribution < 1.29 is 13.6 Å². The Bertz CT molecular complexity index is 634. The van der Waals surface area contributed by atoms with Crippen LogP contribution in [0.4, 0.5) is 0 Å². The van der Waals surface area contributed by atoms with Gasteiger partial charge in [0.05, 0.1) is 0 Å². The molecule has 0 saturated heterocycles. The molecule has 0 bridgehead atoms. The molecule has 0 spiro atoms. The molecule has 0 aliphatic heterocycles. The van der Waals surface area contributed by atoms with E-state index in [1.165, 1.54) is 218 Å². The third-order valence-electron chi connectivity index (χ3n) is 12.0. The maximum absolute atomic E-state index is 14.5. The average molecular weight is 754 g/mol. The van der Waals surface area contributed by atoms with Crippen molar-refractivity contribution in [1.82, 2.24) is 0 Å². The van der Waals surface area contributed by atoms with Crippen molar-refractivity contribution in [3.8, 4) is 0 Å². The molecule has 312 valence electrons. The quantitative estimate of drug-likeness (QED) is 0.0459. The summed E-state index contributed by atoms with van der Waals surface area (Å²) < 4.78 is 28.6. The van der Waals surface area contributed by atoms with Crippen LogP contribution in [0.5, 0.6) is 0 Å². The van der Waals surface area contributed by atoms with E-state index in [2.05, 4.69) is 41.5 Å². The van der Waals surface area contributed by atoms with Crippen LogP contribution in [-0.4, -0.2) is 11.2 Å². The van der Waals surface area contributed by atoms with Crippen molar-refractivity contribution in [3.63, 3.8) is 0 Å². The van der Waals surface area contributed by atoms with E-state index in [-0.39, 0.29) is 11.2 Å². The van der Waals surface area contributed by atoms with Crippen LogP contribution >= 0.6 is 8.25 Å². The minimum Gasteiger partial charge on any atom is -0.112 e. The lowest BCUT2D eigenvalue weighted by Gasteiger charge is -2.31. The summed E-state index contributed by atoms with van der Waals surface area (Å²) in [5.74, 6) is 0. The summed E-state index contributed by atoms with van der Waals surface area (Å²) in [5, 5.41) is 0. The topological polar surface area (TPSA) is 35.5 Å². The average Bonchev–Trinajstić information content (AvgIpc) is 3.14. The second kappa shape index (κ2) is 39.3. The standard InChI is InChI=1S/C48H98O3P/c1-7-13-19-25-31-37-43-47(41-35-29-23-17-11-5,44-38-32-26-20-14-8-2)50-52(49)51-48(42-36-30-24-18-12-6,45-39-33-27-21-15-9-3)46-40-34-28-22-16-10-4/h7-46H2,1-6H3/q+1. The molecule has 0 atom stereocenters. The molecule has 0 heterocycles. The van der Waals surface area contributed by atoms with Crippen LogP contribution in [0.3, 0.4) is 0 Å². The molecule has 0 aromatic rings. The van der Waals surface area contributed by atoms with Gasteiger partial charge in [0.25, 0.3) is 0 Å². The van der Waals surface area contributed by atoms with Gasteiger partial charge in [-0.3, -0.25) is 0 Å². The van der Waals surface area contributed by atoms with E-state index in [1.807, 2.05) is 0 Å². The van der Waals surface area contributed by atoms with Gasteiger partial charge >= 0.3 is 8.25 Å². The first kappa shape index (κ1) is 52.0. The van der Waals surface area contributed by atoms with Gasteiger partial charge < -0.3 is 0 Å². The van der Waals surface area contributed by atoms with E-state index in [9.17, 15) is 4.57 Å². The highest BCUT2D eigenvalue weighted by atomic mass is 31.1. The first-order chi connectivity index (χ1) is 25.5. The molecule has 3 nitrogen and oxygen atoms in total. The van der Waals surface area contributed by atoms with Crippen molar-refractivity contribution in [2.24, 2.45) is 0 Å². The maximum atomic E-state index is 14.5. The van der Waals surface area contributed by atoms with Crippen LogP contribution in [0, 0.1) is 0 Å². The fraction of sp³-hybridized carbons (Fsp3) is 1.00. The van der Waals surface area contributed by atoms with Gasteiger partial charge in [-0.05, 0) is 38.5 Å². The van der Waals surface area contributed by atoms with Crippen molar-refractivity contribution in [1.29, 1.82) is 0 Å². The molecule has 0 radical (unpaired) electrons. The monoisotopic (exact) mass is 754 g/mol. The number of hydrogen-bond donors (Lipinski definition) is 0. The zero-order chi connectivity index (χ0) is 38.3. The van der Waals surface area contributed by atoms with Crippen molar-refractivity contribution >= 4 is 8.25 Å². The second-order valence-corrected chi connectivity index (χ2v) is 18.0. The Morgan fingerprint density at radius 2 is 0.423 bits per heavy atom. The van der Waals surface area contributed by atoms with Crippen LogP contribution in [0.25, 0.3) is 0 Å². The predicted octanol–water partition coefficient (Wildman–Crippen LogP) is 18.9. The Balaban J connectivity index is 6.16. The molecule has 0 unspecified atom stereocenters. The molecule has 0 amide bonds. The van der Waals surface area contributed by atoms with E-state index < -0.39 is 8.25 Å². The highest BCUT2D eigenvalue weighted by molar-refractivity contribution is 7.33. The Labute approximate surface area is 330 Å². The summed E-state index contributed by atoms with van der Waals surface area (Å²) in [6.07, 6.45) is 50.0. The third kappa shape index (κ3) is 31.2. The van der Waals surface area contributed by atoms with Crippen LogP contribution in [-0.2, 0) is 13.6 Å².